The molecule has 0 aliphatic carbocycles. The number of halogens is 5. The van der Waals surface area contributed by atoms with Crippen molar-refractivity contribution in [3.05, 3.63) is 27.7 Å². The summed E-state index contributed by atoms with van der Waals surface area (Å²) in [6.45, 7) is 0. The second kappa shape index (κ2) is 4.70. The summed E-state index contributed by atoms with van der Waals surface area (Å²) in [4.78, 5) is 12.0. The Hall–Kier alpha value is -1.64. The molecular weight excluding hydrogens is 272 g/mol. The van der Waals surface area contributed by atoms with Gasteiger partial charge in [-0.2, -0.15) is 4.39 Å². The highest BCUT2D eigenvalue weighted by atomic mass is 35.5. The van der Waals surface area contributed by atoms with Crippen LogP contribution in [0.2, 0.25) is 0 Å². The number of hydrogen-bond donors (Lipinski definition) is 0. The third-order valence-corrected chi connectivity index (χ3v) is 1.86. The molecular formula is C7H3ClF4N2O3. The molecule has 0 spiro atoms. The lowest BCUT2D eigenvalue weighted by molar-refractivity contribution is -0.392. The van der Waals surface area contributed by atoms with Crippen molar-refractivity contribution in [2.75, 3.05) is 0 Å². The van der Waals surface area contributed by atoms with Gasteiger partial charge in [-0.05, 0) is 9.91 Å². The van der Waals surface area contributed by atoms with Crippen LogP contribution >= 0.6 is 11.6 Å². The lowest BCUT2D eigenvalue weighted by Gasteiger charge is -2.10. The SMILES string of the molecule is O=[N+]([O-])c1ncc(OC(F)(F)F)c(CCl)c1F. The van der Waals surface area contributed by atoms with Crippen molar-refractivity contribution in [2.24, 2.45) is 0 Å². The molecule has 10 heteroatoms. The lowest BCUT2D eigenvalue weighted by atomic mass is 10.2. The molecule has 0 radical (unpaired) electrons. The van der Waals surface area contributed by atoms with Gasteiger partial charge >= 0.3 is 12.2 Å². The van der Waals surface area contributed by atoms with Gasteiger partial charge < -0.3 is 14.9 Å². The smallest absolute Gasteiger partial charge is 0.401 e. The summed E-state index contributed by atoms with van der Waals surface area (Å²) in [6, 6.07) is 0. The fourth-order valence-corrected chi connectivity index (χ4v) is 1.21. The fourth-order valence-electron chi connectivity index (χ4n) is 0.962. The molecule has 0 unspecified atom stereocenters. The normalized spacial score (nSPS) is 11.4. The second-order valence-electron chi connectivity index (χ2n) is 2.68. The van der Waals surface area contributed by atoms with Gasteiger partial charge in [0.2, 0.25) is 5.82 Å². The van der Waals surface area contributed by atoms with Crippen molar-refractivity contribution in [3.8, 4) is 5.75 Å². The molecule has 0 aliphatic rings. The minimum Gasteiger partial charge on any atom is -0.401 e. The maximum absolute atomic E-state index is 13.3. The minimum absolute atomic E-state index is 0.395. The predicted octanol–water partition coefficient (Wildman–Crippen LogP) is 2.77. The molecule has 94 valence electrons. The monoisotopic (exact) mass is 274 g/mol. The zero-order valence-corrected chi connectivity index (χ0v) is 8.55. The van der Waals surface area contributed by atoms with Crippen LogP contribution in [0, 0.1) is 15.9 Å². The Morgan fingerprint density at radius 1 is 1.53 bits per heavy atom. The second-order valence-corrected chi connectivity index (χ2v) is 2.94. The summed E-state index contributed by atoms with van der Waals surface area (Å²) >= 11 is 5.21. The number of ether oxygens (including phenoxy) is 1. The van der Waals surface area contributed by atoms with Crippen molar-refractivity contribution in [2.45, 2.75) is 12.2 Å². The van der Waals surface area contributed by atoms with E-state index in [2.05, 4.69) is 9.72 Å². The van der Waals surface area contributed by atoms with E-state index in [9.17, 15) is 27.7 Å². The van der Waals surface area contributed by atoms with Crippen LogP contribution < -0.4 is 4.74 Å². The van der Waals surface area contributed by atoms with Crippen molar-refractivity contribution in [3.63, 3.8) is 0 Å². The van der Waals surface area contributed by atoms with E-state index in [1.807, 2.05) is 0 Å². The number of aromatic nitrogens is 1. The Kier molecular flexibility index (Phi) is 3.71. The maximum atomic E-state index is 13.3. The number of pyridine rings is 1. The zero-order chi connectivity index (χ0) is 13.2. The summed E-state index contributed by atoms with van der Waals surface area (Å²) in [5.41, 5.74) is -0.773. The first-order valence-electron chi connectivity index (χ1n) is 3.89. The molecule has 1 aromatic rings. The van der Waals surface area contributed by atoms with Crippen LogP contribution in [0.1, 0.15) is 5.56 Å². The molecule has 0 bridgehead atoms. The van der Waals surface area contributed by atoms with Crippen molar-refractivity contribution < 1.29 is 27.2 Å². The van der Waals surface area contributed by atoms with Gasteiger partial charge in [-0.15, -0.1) is 24.8 Å². The van der Waals surface area contributed by atoms with Crippen LogP contribution in [0.25, 0.3) is 0 Å². The zero-order valence-electron chi connectivity index (χ0n) is 7.79. The largest absolute Gasteiger partial charge is 0.573 e. The van der Waals surface area contributed by atoms with E-state index in [1.54, 1.807) is 0 Å². The van der Waals surface area contributed by atoms with E-state index in [4.69, 9.17) is 11.6 Å². The average Bonchev–Trinajstić information content (AvgIpc) is 2.15. The summed E-state index contributed by atoms with van der Waals surface area (Å²) in [5.74, 6) is -4.49. The van der Waals surface area contributed by atoms with Gasteiger partial charge in [0.25, 0.3) is 0 Å². The molecule has 0 amide bonds. The van der Waals surface area contributed by atoms with Crippen LogP contribution in [0.5, 0.6) is 5.75 Å². The van der Waals surface area contributed by atoms with Gasteiger partial charge in [0, 0.05) is 0 Å². The van der Waals surface area contributed by atoms with E-state index in [0.717, 1.165) is 0 Å². The number of rotatable bonds is 3. The number of alkyl halides is 4. The molecule has 0 atom stereocenters. The lowest BCUT2D eigenvalue weighted by Crippen LogP contribution is -2.19. The first kappa shape index (κ1) is 13.4. The van der Waals surface area contributed by atoms with Gasteiger partial charge in [0.15, 0.2) is 11.9 Å². The quantitative estimate of drug-likeness (QED) is 0.368. The Morgan fingerprint density at radius 2 is 2.12 bits per heavy atom. The number of nitro groups is 1. The Bertz CT molecular complexity index is 451. The van der Waals surface area contributed by atoms with Crippen molar-refractivity contribution in [1.29, 1.82) is 0 Å². The average molecular weight is 275 g/mol. The number of nitrogens with zero attached hydrogens (tertiary/aromatic N) is 2. The highest BCUT2D eigenvalue weighted by Crippen LogP contribution is 2.31. The van der Waals surface area contributed by atoms with Crippen molar-refractivity contribution >= 4 is 17.4 Å². The van der Waals surface area contributed by atoms with E-state index >= 15 is 0 Å². The molecule has 17 heavy (non-hydrogen) atoms. The van der Waals surface area contributed by atoms with Crippen LogP contribution in [0.3, 0.4) is 0 Å². The van der Waals surface area contributed by atoms with Crippen molar-refractivity contribution in [1.82, 2.24) is 4.98 Å². The summed E-state index contributed by atoms with van der Waals surface area (Å²) in [5, 5.41) is 10.3. The molecule has 1 heterocycles. The third kappa shape index (κ3) is 3.16. The summed E-state index contributed by atoms with van der Waals surface area (Å²) in [6.07, 6.45) is -4.67. The Balaban J connectivity index is 3.26. The van der Waals surface area contributed by atoms with Gasteiger partial charge in [-0.3, -0.25) is 0 Å². The van der Waals surface area contributed by atoms with E-state index in [0.29, 0.717) is 6.20 Å². The van der Waals surface area contributed by atoms with Gasteiger partial charge in [0.05, 0.1) is 11.4 Å². The molecule has 0 fully saturated rings. The summed E-state index contributed by atoms with van der Waals surface area (Å²) < 4.78 is 52.5. The van der Waals surface area contributed by atoms with Gasteiger partial charge in [-0.1, -0.05) is 0 Å². The number of hydrogen-bond acceptors (Lipinski definition) is 4. The van der Waals surface area contributed by atoms with E-state index in [1.165, 1.54) is 0 Å². The van der Waals surface area contributed by atoms with E-state index in [-0.39, 0.29) is 0 Å². The van der Waals surface area contributed by atoms with Crippen LogP contribution in [-0.2, 0) is 5.88 Å². The highest BCUT2D eigenvalue weighted by Gasteiger charge is 2.35. The van der Waals surface area contributed by atoms with Crippen LogP contribution in [-0.4, -0.2) is 16.3 Å². The maximum Gasteiger partial charge on any atom is 0.573 e. The Morgan fingerprint density at radius 3 is 2.53 bits per heavy atom. The summed E-state index contributed by atoms with van der Waals surface area (Å²) in [7, 11) is 0. The van der Waals surface area contributed by atoms with Gasteiger partial charge in [-0.25, -0.2) is 0 Å². The predicted molar refractivity (Wildman–Crippen MR) is 47.1 cm³/mol. The fraction of sp³-hybridized carbons (Fsp3) is 0.286. The molecule has 1 rings (SSSR count). The Labute approximate surface area is 96.1 Å². The third-order valence-electron chi connectivity index (χ3n) is 1.60. The first-order chi connectivity index (χ1) is 7.76. The molecule has 0 saturated carbocycles. The molecule has 1 aromatic heterocycles. The molecule has 0 saturated heterocycles. The topological polar surface area (TPSA) is 65.3 Å². The van der Waals surface area contributed by atoms with Gasteiger partial charge in [0.1, 0.15) is 0 Å². The highest BCUT2D eigenvalue weighted by molar-refractivity contribution is 6.17. The van der Waals surface area contributed by atoms with E-state index < -0.39 is 40.1 Å². The minimum atomic E-state index is -5.06. The molecule has 0 aromatic carbocycles. The molecule has 0 aliphatic heterocycles. The first-order valence-corrected chi connectivity index (χ1v) is 4.43. The molecule has 0 N–H and O–H groups in total. The van der Waals surface area contributed by atoms with Crippen LogP contribution in [0.15, 0.2) is 6.20 Å². The standard InChI is InChI=1S/C7H3ClF4N2O3/c8-1-3-4(17-7(10,11)12)2-13-6(5(3)9)14(15)16/h2H,1H2. The molecule has 5 nitrogen and oxygen atoms in total. The van der Waals surface area contributed by atoms with Crippen LogP contribution in [0.4, 0.5) is 23.4 Å².